The molecule has 0 radical (unpaired) electrons. The van der Waals surface area contributed by atoms with Crippen molar-refractivity contribution in [1.29, 1.82) is 0 Å². The normalized spacial score (nSPS) is 13.7. The van der Waals surface area contributed by atoms with Crippen LogP contribution in [0.4, 0.5) is 10.2 Å². The minimum Gasteiger partial charge on any atom is -0.384 e. The van der Waals surface area contributed by atoms with Gasteiger partial charge < -0.3 is 10.3 Å². The van der Waals surface area contributed by atoms with Crippen LogP contribution < -0.4 is 5.73 Å². The second-order valence-electron chi connectivity index (χ2n) is 7.22. The molecule has 3 heterocycles. The molecular formula is C21H19FN6O. The Labute approximate surface area is 166 Å². The van der Waals surface area contributed by atoms with E-state index >= 15 is 0 Å². The van der Waals surface area contributed by atoms with Gasteiger partial charge in [0.2, 0.25) is 0 Å². The molecule has 1 saturated carbocycles. The molecule has 1 aromatic carbocycles. The molecule has 7 nitrogen and oxygen atoms in total. The van der Waals surface area contributed by atoms with E-state index in [2.05, 4.69) is 20.2 Å². The quantitative estimate of drug-likeness (QED) is 0.541. The highest BCUT2D eigenvalue weighted by molar-refractivity contribution is 5.52. The van der Waals surface area contributed by atoms with Crippen molar-refractivity contribution in [2.24, 2.45) is 0 Å². The van der Waals surface area contributed by atoms with Crippen LogP contribution in [-0.4, -0.2) is 24.9 Å². The van der Waals surface area contributed by atoms with E-state index in [1.165, 1.54) is 6.07 Å². The Morgan fingerprint density at radius 2 is 1.97 bits per heavy atom. The molecule has 146 valence electrons. The molecule has 3 aromatic heterocycles. The van der Waals surface area contributed by atoms with Crippen molar-refractivity contribution in [1.82, 2.24) is 24.9 Å². The first kappa shape index (κ1) is 17.5. The predicted octanol–water partition coefficient (Wildman–Crippen LogP) is 3.57. The van der Waals surface area contributed by atoms with Gasteiger partial charge in [0, 0.05) is 17.5 Å². The number of benzene rings is 1. The maximum atomic E-state index is 14.2. The summed E-state index contributed by atoms with van der Waals surface area (Å²) in [5.74, 6) is 2.60. The van der Waals surface area contributed by atoms with Crippen LogP contribution in [0, 0.1) is 5.82 Å². The standard InChI is InChI=1S/C21H19FN6O/c22-16-5-2-1-4-14(16)12-28-20(11-15-10-18(29-27-15)13-8-9-13)25-21(26-28)17-6-3-7-19(23)24-17/h1-7,10,13H,8-9,11-12H2,(H2,23,24). The predicted molar refractivity (Wildman–Crippen MR) is 104 cm³/mol. The fourth-order valence-electron chi connectivity index (χ4n) is 3.24. The van der Waals surface area contributed by atoms with Crippen LogP contribution in [0.25, 0.3) is 11.5 Å². The van der Waals surface area contributed by atoms with Crippen molar-refractivity contribution in [3.63, 3.8) is 0 Å². The van der Waals surface area contributed by atoms with Gasteiger partial charge in [-0.05, 0) is 31.0 Å². The fourth-order valence-corrected chi connectivity index (χ4v) is 3.24. The highest BCUT2D eigenvalue weighted by atomic mass is 19.1. The Morgan fingerprint density at radius 1 is 1.10 bits per heavy atom. The molecule has 2 N–H and O–H groups in total. The zero-order chi connectivity index (χ0) is 19.8. The van der Waals surface area contributed by atoms with Crippen LogP contribution in [0.2, 0.25) is 0 Å². The summed E-state index contributed by atoms with van der Waals surface area (Å²) in [5, 5.41) is 8.74. The summed E-state index contributed by atoms with van der Waals surface area (Å²) in [4.78, 5) is 8.94. The number of hydrogen-bond acceptors (Lipinski definition) is 6. The molecule has 1 aliphatic rings. The molecule has 0 spiro atoms. The number of anilines is 1. The Bertz CT molecular complexity index is 1160. The Morgan fingerprint density at radius 3 is 2.76 bits per heavy atom. The largest absolute Gasteiger partial charge is 0.384 e. The maximum Gasteiger partial charge on any atom is 0.200 e. The van der Waals surface area contributed by atoms with Gasteiger partial charge in [-0.15, -0.1) is 5.10 Å². The van der Waals surface area contributed by atoms with E-state index in [0.29, 0.717) is 41.1 Å². The molecule has 0 atom stereocenters. The second-order valence-corrected chi connectivity index (χ2v) is 7.22. The third-order valence-electron chi connectivity index (χ3n) is 4.92. The summed E-state index contributed by atoms with van der Waals surface area (Å²) < 4.78 is 21.3. The SMILES string of the molecule is Nc1cccc(-c2nc(Cc3cc(C4CC4)on3)n(Cc3ccccc3F)n2)n1. The van der Waals surface area contributed by atoms with E-state index < -0.39 is 0 Å². The average Bonchev–Trinajstić information content (AvgIpc) is 3.34. The minimum atomic E-state index is -0.282. The molecule has 5 rings (SSSR count). The number of nitrogens with two attached hydrogens (primary N) is 1. The third kappa shape index (κ3) is 3.73. The van der Waals surface area contributed by atoms with Crippen molar-refractivity contribution in [3.8, 4) is 11.5 Å². The van der Waals surface area contributed by atoms with Crippen molar-refractivity contribution >= 4 is 5.82 Å². The van der Waals surface area contributed by atoms with Crippen LogP contribution in [0.5, 0.6) is 0 Å². The molecule has 0 bridgehead atoms. The van der Waals surface area contributed by atoms with Crippen LogP contribution in [-0.2, 0) is 13.0 Å². The number of aromatic nitrogens is 5. The van der Waals surface area contributed by atoms with Crippen LogP contribution >= 0.6 is 0 Å². The monoisotopic (exact) mass is 390 g/mol. The van der Waals surface area contributed by atoms with Gasteiger partial charge in [0.05, 0.1) is 18.7 Å². The average molecular weight is 390 g/mol. The number of nitrogens with zero attached hydrogens (tertiary/aromatic N) is 5. The van der Waals surface area contributed by atoms with Crippen molar-refractivity contribution in [2.75, 3.05) is 5.73 Å². The smallest absolute Gasteiger partial charge is 0.200 e. The third-order valence-corrected chi connectivity index (χ3v) is 4.92. The topological polar surface area (TPSA) is 95.7 Å². The van der Waals surface area contributed by atoms with E-state index in [1.54, 1.807) is 41.1 Å². The first-order valence-electron chi connectivity index (χ1n) is 9.51. The highest BCUT2D eigenvalue weighted by Crippen LogP contribution is 2.40. The number of hydrogen-bond donors (Lipinski definition) is 1. The van der Waals surface area contributed by atoms with E-state index in [0.717, 1.165) is 24.3 Å². The molecule has 0 unspecified atom stereocenters. The zero-order valence-corrected chi connectivity index (χ0v) is 15.6. The summed E-state index contributed by atoms with van der Waals surface area (Å²) in [6.07, 6.45) is 2.71. The van der Waals surface area contributed by atoms with Crippen LogP contribution in [0.3, 0.4) is 0 Å². The van der Waals surface area contributed by atoms with E-state index in [1.807, 2.05) is 6.07 Å². The molecule has 29 heavy (non-hydrogen) atoms. The summed E-state index contributed by atoms with van der Waals surface area (Å²) in [6.45, 7) is 0.255. The van der Waals surface area contributed by atoms with Gasteiger partial charge in [-0.25, -0.2) is 19.0 Å². The first-order chi connectivity index (χ1) is 14.2. The van der Waals surface area contributed by atoms with Gasteiger partial charge >= 0.3 is 0 Å². The molecular weight excluding hydrogens is 371 g/mol. The molecule has 0 amide bonds. The number of halogens is 1. The van der Waals surface area contributed by atoms with Gasteiger partial charge in [-0.3, -0.25) is 0 Å². The lowest BCUT2D eigenvalue weighted by atomic mass is 10.2. The first-order valence-corrected chi connectivity index (χ1v) is 9.51. The number of nitrogen functional groups attached to an aromatic ring is 1. The minimum absolute atomic E-state index is 0.255. The Hall–Kier alpha value is -3.55. The van der Waals surface area contributed by atoms with Gasteiger partial charge in [0.15, 0.2) is 5.82 Å². The summed E-state index contributed by atoms with van der Waals surface area (Å²) in [6, 6.07) is 13.9. The molecule has 4 aromatic rings. The summed E-state index contributed by atoms with van der Waals surface area (Å²) in [7, 11) is 0. The summed E-state index contributed by atoms with van der Waals surface area (Å²) >= 11 is 0. The lowest BCUT2D eigenvalue weighted by Gasteiger charge is -2.06. The van der Waals surface area contributed by atoms with Crippen molar-refractivity contribution in [2.45, 2.75) is 31.7 Å². The highest BCUT2D eigenvalue weighted by Gasteiger charge is 2.28. The van der Waals surface area contributed by atoms with Crippen LogP contribution in [0.1, 0.15) is 41.6 Å². The Kier molecular flexibility index (Phi) is 4.31. The van der Waals surface area contributed by atoms with E-state index in [-0.39, 0.29) is 12.4 Å². The Balaban J connectivity index is 1.50. The number of pyridine rings is 1. The lowest BCUT2D eigenvalue weighted by molar-refractivity contribution is 0.378. The molecule has 1 aliphatic carbocycles. The van der Waals surface area contributed by atoms with Gasteiger partial charge in [-0.2, -0.15) is 0 Å². The number of rotatable bonds is 6. The van der Waals surface area contributed by atoms with Gasteiger partial charge in [-0.1, -0.05) is 29.4 Å². The maximum absolute atomic E-state index is 14.2. The fraction of sp³-hybridized carbons (Fsp3) is 0.238. The molecule has 8 heteroatoms. The zero-order valence-electron chi connectivity index (χ0n) is 15.6. The van der Waals surface area contributed by atoms with E-state index in [9.17, 15) is 4.39 Å². The molecule has 0 aliphatic heterocycles. The lowest BCUT2D eigenvalue weighted by Crippen LogP contribution is -2.09. The van der Waals surface area contributed by atoms with Gasteiger partial charge in [0.25, 0.3) is 0 Å². The van der Waals surface area contributed by atoms with E-state index in [4.69, 9.17) is 10.3 Å². The second kappa shape index (κ2) is 7.12. The van der Waals surface area contributed by atoms with Gasteiger partial charge in [0.1, 0.15) is 28.9 Å². The van der Waals surface area contributed by atoms with Crippen molar-refractivity contribution in [3.05, 3.63) is 77.2 Å². The molecule has 1 fully saturated rings. The molecule has 0 saturated heterocycles. The van der Waals surface area contributed by atoms with Crippen molar-refractivity contribution < 1.29 is 8.91 Å². The summed E-state index contributed by atoms with van der Waals surface area (Å²) in [5.41, 5.74) is 7.68. The van der Waals surface area contributed by atoms with Crippen LogP contribution in [0.15, 0.2) is 53.1 Å².